The van der Waals surface area contributed by atoms with Crippen molar-refractivity contribution in [3.63, 3.8) is 0 Å². The fourth-order valence-electron chi connectivity index (χ4n) is 4.76. The van der Waals surface area contributed by atoms with Gasteiger partial charge in [0.15, 0.2) is 5.11 Å². The lowest BCUT2D eigenvalue weighted by molar-refractivity contribution is 0.0336. The molecule has 1 saturated carbocycles. The number of thiocarbonyl (C=S) groups is 1. The van der Waals surface area contributed by atoms with E-state index in [9.17, 15) is 0 Å². The van der Waals surface area contributed by atoms with Crippen LogP contribution in [0.5, 0.6) is 5.75 Å². The number of morpholine rings is 1. The molecule has 2 aromatic rings. The van der Waals surface area contributed by atoms with Crippen LogP contribution >= 0.6 is 12.2 Å². The Morgan fingerprint density at radius 2 is 1.83 bits per heavy atom. The molecule has 2 fully saturated rings. The van der Waals surface area contributed by atoms with Crippen LogP contribution in [-0.4, -0.2) is 47.6 Å². The molecule has 3 aliphatic rings. The molecular formula is C23H27N3O2S. The van der Waals surface area contributed by atoms with Crippen LogP contribution in [0.4, 0.5) is 0 Å². The Balaban J connectivity index is 1.50. The number of benzene rings is 2. The van der Waals surface area contributed by atoms with Gasteiger partial charge in [0, 0.05) is 30.5 Å². The molecule has 0 bridgehead atoms. The van der Waals surface area contributed by atoms with Crippen molar-refractivity contribution in [3.8, 4) is 5.75 Å². The van der Waals surface area contributed by atoms with Crippen molar-refractivity contribution in [3.05, 3.63) is 42.0 Å². The predicted octanol–water partition coefficient (Wildman–Crippen LogP) is 4.24. The summed E-state index contributed by atoms with van der Waals surface area (Å²) in [6.45, 7) is 3.05. The van der Waals surface area contributed by atoms with Crippen molar-refractivity contribution >= 4 is 33.8 Å². The lowest BCUT2D eigenvalue weighted by atomic mass is 9.78. The Hall–Kier alpha value is -2.18. The van der Waals surface area contributed by atoms with Gasteiger partial charge in [-0.1, -0.05) is 36.8 Å². The molecule has 0 amide bonds. The van der Waals surface area contributed by atoms with Crippen LogP contribution in [0.25, 0.3) is 10.8 Å². The van der Waals surface area contributed by atoms with Gasteiger partial charge in [-0.25, -0.2) is 0 Å². The molecule has 0 radical (unpaired) electrons. The van der Waals surface area contributed by atoms with E-state index in [1.54, 1.807) is 0 Å². The predicted molar refractivity (Wildman–Crippen MR) is 120 cm³/mol. The third-order valence-electron chi connectivity index (χ3n) is 6.35. The molecule has 152 valence electrons. The number of nitrogens with zero attached hydrogens (tertiary/aromatic N) is 2. The topological polar surface area (TPSA) is 46.1 Å². The van der Waals surface area contributed by atoms with E-state index in [4.69, 9.17) is 26.8 Å². The molecule has 5 rings (SSSR count). The summed E-state index contributed by atoms with van der Waals surface area (Å²) >= 11 is 5.59. The Labute approximate surface area is 177 Å². The Morgan fingerprint density at radius 1 is 1.03 bits per heavy atom. The Kier molecular flexibility index (Phi) is 5.14. The standard InChI is InChI=1S/C23H27N3O2S/c29-22(26-12-14-27-15-13-26)25-24-20-16-23(10-4-1-5-11-23)28-21-18-7-3-2-6-17(18)8-9-19(20)21/h2-3,6-9H,1,4-5,10-16H2,(H,25,29)/b24-20+. The highest BCUT2D eigenvalue weighted by Crippen LogP contribution is 2.44. The molecule has 1 aliphatic carbocycles. The molecule has 0 atom stereocenters. The van der Waals surface area contributed by atoms with Gasteiger partial charge in [0.2, 0.25) is 0 Å². The largest absolute Gasteiger partial charge is 0.486 e. The Bertz CT molecular complexity index is 946. The van der Waals surface area contributed by atoms with Crippen molar-refractivity contribution in [1.82, 2.24) is 10.3 Å². The van der Waals surface area contributed by atoms with Crippen LogP contribution in [0.2, 0.25) is 0 Å². The minimum atomic E-state index is -0.142. The molecule has 0 unspecified atom stereocenters. The van der Waals surface area contributed by atoms with Crippen LogP contribution in [0.1, 0.15) is 44.1 Å². The number of hydrazone groups is 1. The van der Waals surface area contributed by atoms with Gasteiger partial charge >= 0.3 is 0 Å². The quantitative estimate of drug-likeness (QED) is 0.564. The zero-order valence-electron chi connectivity index (χ0n) is 16.7. The third kappa shape index (κ3) is 3.71. The summed E-state index contributed by atoms with van der Waals surface area (Å²) in [6, 6.07) is 12.8. The van der Waals surface area contributed by atoms with Crippen LogP contribution in [-0.2, 0) is 4.74 Å². The maximum atomic E-state index is 6.76. The SMILES string of the molecule is S=C(N/N=C1\CC2(CCCCC2)Oc2c1ccc1ccccc21)N1CCOCC1. The van der Waals surface area contributed by atoms with Gasteiger partial charge in [-0.3, -0.25) is 5.43 Å². The number of rotatable bonds is 1. The summed E-state index contributed by atoms with van der Waals surface area (Å²) in [5, 5.41) is 7.86. The van der Waals surface area contributed by atoms with Gasteiger partial charge in [-0.05, 0) is 49.4 Å². The van der Waals surface area contributed by atoms with E-state index in [1.807, 2.05) is 0 Å². The minimum Gasteiger partial charge on any atom is -0.486 e. The summed E-state index contributed by atoms with van der Waals surface area (Å²) in [7, 11) is 0. The van der Waals surface area contributed by atoms with E-state index in [-0.39, 0.29) is 5.60 Å². The normalized spacial score (nSPS) is 22.3. The van der Waals surface area contributed by atoms with Gasteiger partial charge in [0.25, 0.3) is 0 Å². The average molecular weight is 410 g/mol. The molecule has 2 aliphatic heterocycles. The first-order valence-electron chi connectivity index (χ1n) is 10.6. The van der Waals surface area contributed by atoms with Crippen LogP contribution < -0.4 is 10.2 Å². The molecular weight excluding hydrogens is 382 g/mol. The van der Waals surface area contributed by atoms with Crippen LogP contribution in [0, 0.1) is 0 Å². The highest BCUT2D eigenvalue weighted by atomic mass is 32.1. The first-order chi connectivity index (χ1) is 14.2. The van der Waals surface area contributed by atoms with E-state index in [1.165, 1.54) is 24.6 Å². The fourth-order valence-corrected chi connectivity index (χ4v) is 4.99. The van der Waals surface area contributed by atoms with E-state index in [2.05, 4.69) is 46.7 Å². The zero-order valence-corrected chi connectivity index (χ0v) is 17.5. The van der Waals surface area contributed by atoms with Crippen LogP contribution in [0.3, 0.4) is 0 Å². The lowest BCUT2D eigenvalue weighted by Gasteiger charge is -2.42. The van der Waals surface area contributed by atoms with Gasteiger partial charge in [-0.15, -0.1) is 0 Å². The van der Waals surface area contributed by atoms with Gasteiger partial charge in [-0.2, -0.15) is 5.10 Å². The molecule has 0 aromatic heterocycles. The molecule has 2 aromatic carbocycles. The molecule has 6 heteroatoms. The summed E-state index contributed by atoms with van der Waals surface area (Å²) in [5.41, 5.74) is 5.16. The maximum absolute atomic E-state index is 6.76. The summed E-state index contributed by atoms with van der Waals surface area (Å²) in [6.07, 6.45) is 6.72. The summed E-state index contributed by atoms with van der Waals surface area (Å²) in [4.78, 5) is 2.12. The minimum absolute atomic E-state index is 0.142. The maximum Gasteiger partial charge on any atom is 0.189 e. The van der Waals surface area contributed by atoms with Gasteiger partial charge in [0.05, 0.1) is 18.9 Å². The first-order valence-corrected chi connectivity index (χ1v) is 11.1. The van der Waals surface area contributed by atoms with Crippen molar-refractivity contribution in [2.75, 3.05) is 26.3 Å². The molecule has 1 saturated heterocycles. The van der Waals surface area contributed by atoms with Crippen molar-refractivity contribution in [2.45, 2.75) is 44.1 Å². The second-order valence-corrected chi connectivity index (χ2v) is 8.65. The molecule has 1 spiro atoms. The molecule has 1 N–H and O–H groups in total. The molecule has 5 nitrogen and oxygen atoms in total. The van der Waals surface area contributed by atoms with Crippen LogP contribution in [0.15, 0.2) is 41.5 Å². The second kappa shape index (κ2) is 7.92. The van der Waals surface area contributed by atoms with E-state index < -0.39 is 0 Å². The van der Waals surface area contributed by atoms with E-state index in [0.29, 0.717) is 18.3 Å². The highest BCUT2D eigenvalue weighted by molar-refractivity contribution is 7.80. The van der Waals surface area contributed by atoms with Crippen molar-refractivity contribution in [2.24, 2.45) is 5.10 Å². The number of hydrogen-bond donors (Lipinski definition) is 1. The monoisotopic (exact) mass is 409 g/mol. The second-order valence-electron chi connectivity index (χ2n) is 8.26. The molecule has 2 heterocycles. The first kappa shape index (κ1) is 18.8. The van der Waals surface area contributed by atoms with Gasteiger partial charge in [0.1, 0.15) is 11.4 Å². The lowest BCUT2D eigenvalue weighted by Crippen LogP contribution is -2.46. The van der Waals surface area contributed by atoms with E-state index >= 15 is 0 Å². The van der Waals surface area contributed by atoms with E-state index in [0.717, 1.165) is 54.8 Å². The van der Waals surface area contributed by atoms with Crippen molar-refractivity contribution < 1.29 is 9.47 Å². The zero-order chi connectivity index (χ0) is 19.7. The highest BCUT2D eigenvalue weighted by Gasteiger charge is 2.41. The Morgan fingerprint density at radius 3 is 2.66 bits per heavy atom. The van der Waals surface area contributed by atoms with Crippen molar-refractivity contribution in [1.29, 1.82) is 0 Å². The molecule has 29 heavy (non-hydrogen) atoms. The number of ether oxygens (including phenoxy) is 2. The fraction of sp³-hybridized carbons (Fsp3) is 0.478. The number of hydrogen-bond acceptors (Lipinski definition) is 4. The summed E-state index contributed by atoms with van der Waals surface area (Å²) < 4.78 is 12.2. The number of fused-ring (bicyclic) bond motifs is 3. The smallest absolute Gasteiger partial charge is 0.189 e. The average Bonchev–Trinajstić information content (AvgIpc) is 2.78. The number of nitrogens with one attached hydrogen (secondary N) is 1. The van der Waals surface area contributed by atoms with Gasteiger partial charge < -0.3 is 14.4 Å². The third-order valence-corrected chi connectivity index (χ3v) is 6.70. The summed E-state index contributed by atoms with van der Waals surface area (Å²) in [5.74, 6) is 0.981.